The number of halogens is 1. The Kier molecular flexibility index (Phi) is 3.47. The van der Waals surface area contributed by atoms with Crippen LogP contribution in [0.1, 0.15) is 11.9 Å². The maximum atomic E-state index is 5.67. The van der Waals surface area contributed by atoms with Crippen LogP contribution in [0.15, 0.2) is 12.3 Å². The summed E-state index contributed by atoms with van der Waals surface area (Å²) in [6, 6.07) is 1.70. The summed E-state index contributed by atoms with van der Waals surface area (Å²) in [6.07, 6.45) is 3.77. The monoisotopic (exact) mass is 186 g/mol. The van der Waals surface area contributed by atoms with E-state index in [0.29, 0.717) is 5.02 Å². The molecule has 1 aromatic heterocycles. The quantitative estimate of drug-likeness (QED) is 0.675. The van der Waals surface area contributed by atoms with E-state index in [1.807, 2.05) is 0 Å². The first kappa shape index (κ1) is 9.45. The van der Waals surface area contributed by atoms with Crippen molar-refractivity contribution in [3.05, 3.63) is 29.0 Å². The Bertz CT molecular complexity index is 251. The number of rotatable bonds is 3. The Morgan fingerprint density at radius 2 is 2.17 bits per heavy atom. The largest absolute Gasteiger partial charge is 0.352 e. The third-order valence-corrected chi connectivity index (χ3v) is 1.57. The lowest BCUT2D eigenvalue weighted by molar-refractivity contribution is -0.106. The molecule has 0 saturated carbocycles. The fourth-order valence-electron chi connectivity index (χ4n) is 0.882. The van der Waals surface area contributed by atoms with E-state index in [9.17, 15) is 0 Å². The second kappa shape index (κ2) is 4.40. The molecular weight excluding hydrogens is 178 g/mol. The van der Waals surface area contributed by atoms with Crippen LogP contribution in [0.4, 0.5) is 0 Å². The normalized spacial score (nSPS) is 10.7. The van der Waals surface area contributed by atoms with Crippen molar-refractivity contribution in [1.82, 2.24) is 4.98 Å². The van der Waals surface area contributed by atoms with Gasteiger partial charge in [-0.1, -0.05) is 11.6 Å². The molecule has 0 atom stereocenters. The number of nitrogens with zero attached hydrogens (tertiary/aromatic N) is 1. The van der Waals surface area contributed by atoms with Gasteiger partial charge >= 0.3 is 0 Å². The number of hydrogen-bond acceptors (Lipinski definition) is 3. The molecule has 0 N–H and O–H groups in total. The zero-order chi connectivity index (χ0) is 8.97. The zero-order valence-electron chi connectivity index (χ0n) is 6.87. The molecule has 0 unspecified atom stereocenters. The van der Waals surface area contributed by atoms with Crippen molar-refractivity contribution in [2.45, 2.75) is 6.29 Å². The van der Waals surface area contributed by atoms with Crippen LogP contribution in [-0.2, 0) is 9.47 Å². The summed E-state index contributed by atoms with van der Waals surface area (Å²) in [4.78, 5) is 3.78. The van der Waals surface area contributed by atoms with Crippen LogP contribution in [0.3, 0.4) is 0 Å². The molecular formula is C8H9ClNO2. The van der Waals surface area contributed by atoms with Gasteiger partial charge in [-0.15, -0.1) is 0 Å². The lowest BCUT2D eigenvalue weighted by Gasteiger charge is -2.12. The first-order valence-corrected chi connectivity index (χ1v) is 3.74. The number of aromatic nitrogens is 1. The summed E-state index contributed by atoms with van der Waals surface area (Å²) in [7, 11) is 3.11. The number of pyridine rings is 1. The molecule has 0 spiro atoms. The van der Waals surface area contributed by atoms with Gasteiger partial charge in [-0.3, -0.25) is 4.98 Å². The van der Waals surface area contributed by atoms with Crippen LogP contribution < -0.4 is 0 Å². The molecule has 0 amide bonds. The Morgan fingerprint density at radius 3 is 2.67 bits per heavy atom. The highest BCUT2D eigenvalue weighted by molar-refractivity contribution is 6.30. The molecule has 0 saturated heterocycles. The standard InChI is InChI=1S/C8H9ClNO2/c1-11-8(12-2)6-3-7(9)5-10-4-6/h3-4,8H,1-2H3. The van der Waals surface area contributed by atoms with Crippen molar-refractivity contribution >= 4 is 11.6 Å². The van der Waals surface area contributed by atoms with Crippen molar-refractivity contribution in [3.8, 4) is 0 Å². The molecule has 4 heteroatoms. The third-order valence-electron chi connectivity index (χ3n) is 1.38. The van der Waals surface area contributed by atoms with E-state index in [2.05, 4.69) is 11.2 Å². The predicted octanol–water partition coefficient (Wildman–Crippen LogP) is 1.83. The van der Waals surface area contributed by atoms with E-state index >= 15 is 0 Å². The summed E-state index contributed by atoms with van der Waals surface area (Å²) >= 11 is 5.67. The highest BCUT2D eigenvalue weighted by Crippen LogP contribution is 2.18. The van der Waals surface area contributed by atoms with E-state index in [4.69, 9.17) is 21.1 Å². The Labute approximate surface area is 76.3 Å². The molecule has 3 nitrogen and oxygen atoms in total. The molecule has 65 valence electrons. The minimum absolute atomic E-state index is 0.412. The van der Waals surface area contributed by atoms with E-state index < -0.39 is 6.29 Å². The van der Waals surface area contributed by atoms with Crippen LogP contribution in [0.25, 0.3) is 0 Å². The second-order valence-electron chi connectivity index (χ2n) is 2.17. The first-order valence-electron chi connectivity index (χ1n) is 3.36. The van der Waals surface area contributed by atoms with Gasteiger partial charge in [-0.05, 0) is 6.07 Å². The van der Waals surface area contributed by atoms with Gasteiger partial charge < -0.3 is 9.47 Å². The van der Waals surface area contributed by atoms with Gasteiger partial charge in [0.15, 0.2) is 6.29 Å². The maximum Gasteiger partial charge on any atom is 0.184 e. The van der Waals surface area contributed by atoms with Crippen molar-refractivity contribution in [1.29, 1.82) is 0 Å². The van der Waals surface area contributed by atoms with Crippen molar-refractivity contribution in [3.63, 3.8) is 0 Å². The number of ether oxygens (including phenoxy) is 2. The molecule has 0 fully saturated rings. The fraction of sp³-hybridized carbons (Fsp3) is 0.375. The fourth-order valence-corrected chi connectivity index (χ4v) is 1.06. The summed E-state index contributed by atoms with van der Waals surface area (Å²) in [5.41, 5.74) is 0.781. The lowest BCUT2D eigenvalue weighted by Crippen LogP contribution is -2.03. The predicted molar refractivity (Wildman–Crippen MR) is 44.8 cm³/mol. The van der Waals surface area contributed by atoms with Gasteiger partial charge in [0.1, 0.15) is 6.20 Å². The van der Waals surface area contributed by atoms with Crippen LogP contribution >= 0.6 is 11.6 Å². The minimum atomic E-state index is -0.412. The Morgan fingerprint density at radius 1 is 1.50 bits per heavy atom. The molecule has 0 aliphatic carbocycles. The molecule has 0 bridgehead atoms. The average Bonchev–Trinajstić information content (AvgIpc) is 2.07. The SMILES string of the molecule is COC(OC)c1cn[c]c(Cl)c1. The van der Waals surface area contributed by atoms with Crippen LogP contribution in [0.5, 0.6) is 0 Å². The molecule has 0 aromatic carbocycles. The number of hydrogen-bond donors (Lipinski definition) is 0. The van der Waals surface area contributed by atoms with Crippen LogP contribution in [-0.4, -0.2) is 19.2 Å². The average molecular weight is 187 g/mol. The molecule has 1 radical (unpaired) electrons. The third kappa shape index (κ3) is 2.17. The molecule has 1 aromatic rings. The highest BCUT2D eigenvalue weighted by atomic mass is 35.5. The van der Waals surface area contributed by atoms with E-state index in [0.717, 1.165) is 5.56 Å². The minimum Gasteiger partial charge on any atom is -0.352 e. The molecule has 0 aliphatic rings. The highest BCUT2D eigenvalue weighted by Gasteiger charge is 2.08. The molecule has 12 heavy (non-hydrogen) atoms. The molecule has 1 heterocycles. The van der Waals surface area contributed by atoms with Gasteiger partial charge in [0.25, 0.3) is 0 Å². The van der Waals surface area contributed by atoms with Gasteiger partial charge in [0.2, 0.25) is 0 Å². The summed E-state index contributed by atoms with van der Waals surface area (Å²) in [5.74, 6) is 0. The smallest absolute Gasteiger partial charge is 0.184 e. The molecule has 1 rings (SSSR count). The van der Waals surface area contributed by atoms with Gasteiger partial charge in [-0.25, -0.2) is 0 Å². The topological polar surface area (TPSA) is 31.4 Å². The van der Waals surface area contributed by atoms with Crippen molar-refractivity contribution < 1.29 is 9.47 Å². The summed E-state index contributed by atoms with van der Waals surface area (Å²) < 4.78 is 10.0. The summed E-state index contributed by atoms with van der Waals surface area (Å²) in [5, 5.41) is 0.451. The first-order chi connectivity index (χ1) is 5.77. The van der Waals surface area contributed by atoms with Gasteiger partial charge in [0.05, 0.1) is 5.02 Å². The van der Waals surface area contributed by atoms with Gasteiger partial charge in [0, 0.05) is 26.0 Å². The summed E-state index contributed by atoms with van der Waals surface area (Å²) in [6.45, 7) is 0. The maximum absolute atomic E-state index is 5.67. The van der Waals surface area contributed by atoms with Crippen LogP contribution in [0.2, 0.25) is 5.02 Å². The van der Waals surface area contributed by atoms with Gasteiger partial charge in [-0.2, -0.15) is 0 Å². The van der Waals surface area contributed by atoms with Crippen LogP contribution in [0, 0.1) is 6.20 Å². The van der Waals surface area contributed by atoms with E-state index in [-0.39, 0.29) is 0 Å². The Hall–Kier alpha value is -0.640. The van der Waals surface area contributed by atoms with Crippen molar-refractivity contribution in [2.75, 3.05) is 14.2 Å². The zero-order valence-corrected chi connectivity index (χ0v) is 7.63. The second-order valence-corrected chi connectivity index (χ2v) is 2.57. The van der Waals surface area contributed by atoms with E-state index in [1.54, 1.807) is 26.5 Å². The Balaban J connectivity index is 2.85. The lowest BCUT2D eigenvalue weighted by atomic mass is 10.3. The van der Waals surface area contributed by atoms with Crippen molar-refractivity contribution in [2.24, 2.45) is 0 Å². The molecule has 0 aliphatic heterocycles. The van der Waals surface area contributed by atoms with E-state index in [1.165, 1.54) is 0 Å². The number of methoxy groups -OCH3 is 2.